The lowest BCUT2D eigenvalue weighted by Gasteiger charge is -2.41. The van der Waals surface area contributed by atoms with Crippen LogP contribution in [0.15, 0.2) is 23.1 Å². The predicted octanol–water partition coefficient (Wildman–Crippen LogP) is 5.93. The lowest BCUT2D eigenvalue weighted by atomic mass is 9.66. The van der Waals surface area contributed by atoms with Crippen LogP contribution in [-0.2, 0) is 16.1 Å². The van der Waals surface area contributed by atoms with Crippen molar-refractivity contribution in [1.29, 1.82) is 0 Å². The second-order valence-electron chi connectivity index (χ2n) is 12.7. The minimum atomic E-state index is -0.555. The molecule has 1 aromatic carbocycles. The molecule has 2 heterocycles. The summed E-state index contributed by atoms with van der Waals surface area (Å²) in [5.41, 5.74) is 2.44. The van der Waals surface area contributed by atoms with Crippen molar-refractivity contribution in [2.75, 3.05) is 12.3 Å². The van der Waals surface area contributed by atoms with Gasteiger partial charge in [0.15, 0.2) is 0 Å². The molecule has 1 saturated heterocycles. The molecule has 3 amide bonds. The summed E-state index contributed by atoms with van der Waals surface area (Å²) in [5, 5.41) is 6.25. The van der Waals surface area contributed by atoms with Gasteiger partial charge in [0, 0.05) is 29.5 Å². The third-order valence-corrected chi connectivity index (χ3v) is 11.3. The number of fused-ring (bicyclic) bond motifs is 1. The summed E-state index contributed by atoms with van der Waals surface area (Å²) in [6, 6.07) is 5.95. The number of imide groups is 1. The Balaban J connectivity index is 1.12. The molecular weight excluding hydrogens is 494 g/mol. The smallest absolute Gasteiger partial charge is 0.255 e. The molecule has 0 radical (unpaired) electrons. The van der Waals surface area contributed by atoms with E-state index in [0.717, 1.165) is 28.7 Å². The van der Waals surface area contributed by atoms with Crippen LogP contribution in [0.3, 0.4) is 0 Å². The van der Waals surface area contributed by atoms with E-state index >= 15 is 0 Å². The second-order valence-corrected chi connectivity index (χ2v) is 13.9. The average molecular weight is 542 g/mol. The highest BCUT2D eigenvalue weighted by Crippen LogP contribution is 2.55. The van der Waals surface area contributed by atoms with E-state index < -0.39 is 6.04 Å². The first-order valence-corrected chi connectivity index (χ1v) is 15.7. The standard InChI is InChI=1S/C31H47N3O3S/c1-21-19-26(31(4,5)30(21,2)3)32-17-10-8-6-7-9-11-18-38-25-14-12-13-22-23(25)20-34(29(22)37)24-15-16-27(35)33-28(24)36/h12-14,21,24,26,32H,6-11,15-20H2,1-5H3,(H,33,35,36)/t21?,24?,26-/m1/s1. The quantitative estimate of drug-likeness (QED) is 0.195. The molecule has 6 nitrogen and oxygen atoms in total. The lowest BCUT2D eigenvalue weighted by Crippen LogP contribution is -2.52. The van der Waals surface area contributed by atoms with Crippen LogP contribution in [0, 0.1) is 16.7 Å². The highest BCUT2D eigenvalue weighted by Gasteiger charge is 2.52. The summed E-state index contributed by atoms with van der Waals surface area (Å²) >= 11 is 1.82. The van der Waals surface area contributed by atoms with Gasteiger partial charge < -0.3 is 10.2 Å². The fraction of sp³-hybridized carbons (Fsp3) is 0.710. The minimum absolute atomic E-state index is 0.0962. The maximum atomic E-state index is 13.0. The van der Waals surface area contributed by atoms with E-state index in [-0.39, 0.29) is 24.1 Å². The zero-order chi connectivity index (χ0) is 27.5. The zero-order valence-corrected chi connectivity index (χ0v) is 24.8. The van der Waals surface area contributed by atoms with Crippen molar-refractivity contribution in [2.45, 2.75) is 116 Å². The maximum absolute atomic E-state index is 13.0. The molecule has 1 aliphatic carbocycles. The number of thioether (sulfide) groups is 1. The van der Waals surface area contributed by atoms with Crippen molar-refractivity contribution >= 4 is 29.5 Å². The molecule has 3 atom stereocenters. The molecule has 4 rings (SSSR count). The number of hydrogen-bond acceptors (Lipinski definition) is 5. The van der Waals surface area contributed by atoms with Crippen molar-refractivity contribution in [2.24, 2.45) is 16.7 Å². The van der Waals surface area contributed by atoms with Gasteiger partial charge in [-0.15, -0.1) is 11.8 Å². The number of carbonyl (C=O) groups is 3. The highest BCUT2D eigenvalue weighted by atomic mass is 32.2. The van der Waals surface area contributed by atoms with E-state index in [1.54, 1.807) is 4.90 Å². The fourth-order valence-electron chi connectivity index (χ4n) is 6.45. The van der Waals surface area contributed by atoms with Gasteiger partial charge in [-0.2, -0.15) is 0 Å². The van der Waals surface area contributed by atoms with Crippen LogP contribution >= 0.6 is 11.8 Å². The maximum Gasteiger partial charge on any atom is 0.255 e. The number of amides is 3. The molecule has 2 N–H and O–H groups in total. The summed E-state index contributed by atoms with van der Waals surface area (Å²) in [5.74, 6) is 1.09. The van der Waals surface area contributed by atoms with Crippen LogP contribution in [0.5, 0.6) is 0 Å². The van der Waals surface area contributed by atoms with Crippen LogP contribution in [0.25, 0.3) is 0 Å². The van der Waals surface area contributed by atoms with Crippen molar-refractivity contribution < 1.29 is 14.4 Å². The van der Waals surface area contributed by atoms with Crippen molar-refractivity contribution in [3.8, 4) is 0 Å². The number of unbranched alkanes of at least 4 members (excludes halogenated alkanes) is 5. The van der Waals surface area contributed by atoms with Gasteiger partial charge in [0.25, 0.3) is 5.91 Å². The number of benzene rings is 1. The van der Waals surface area contributed by atoms with Crippen LogP contribution in [0.1, 0.15) is 108 Å². The van der Waals surface area contributed by atoms with Gasteiger partial charge in [-0.1, -0.05) is 66.4 Å². The Morgan fingerprint density at radius 1 is 1.00 bits per heavy atom. The lowest BCUT2D eigenvalue weighted by molar-refractivity contribution is -0.136. The second kappa shape index (κ2) is 12.1. The van der Waals surface area contributed by atoms with Gasteiger partial charge in [0.05, 0.1) is 0 Å². The summed E-state index contributed by atoms with van der Waals surface area (Å²) in [7, 11) is 0. The van der Waals surface area contributed by atoms with Gasteiger partial charge in [-0.3, -0.25) is 19.7 Å². The molecule has 2 fully saturated rings. The van der Waals surface area contributed by atoms with E-state index in [0.29, 0.717) is 35.4 Å². The Morgan fingerprint density at radius 3 is 2.39 bits per heavy atom. The largest absolute Gasteiger partial charge is 0.322 e. The predicted molar refractivity (Wildman–Crippen MR) is 154 cm³/mol. The summed E-state index contributed by atoms with van der Waals surface area (Å²) in [6.45, 7) is 13.7. The highest BCUT2D eigenvalue weighted by molar-refractivity contribution is 7.99. The number of rotatable bonds is 12. The topological polar surface area (TPSA) is 78.5 Å². The van der Waals surface area contributed by atoms with E-state index in [4.69, 9.17) is 0 Å². The SMILES string of the molecule is CC1C[C@@H](NCCCCCCCCSc2cccc3c2CN(C2CCC(=O)NC2=O)C3=O)C(C)(C)C1(C)C. The summed E-state index contributed by atoms with van der Waals surface area (Å²) in [4.78, 5) is 39.6. The molecule has 0 bridgehead atoms. The number of nitrogens with zero attached hydrogens (tertiary/aromatic N) is 1. The van der Waals surface area contributed by atoms with E-state index in [9.17, 15) is 14.4 Å². The molecule has 1 aromatic rings. The fourth-order valence-corrected chi connectivity index (χ4v) is 7.54. The molecular formula is C31H47N3O3S. The van der Waals surface area contributed by atoms with Gasteiger partial charge in [0.2, 0.25) is 11.8 Å². The van der Waals surface area contributed by atoms with Crippen LogP contribution in [-0.4, -0.2) is 47.0 Å². The van der Waals surface area contributed by atoms with Crippen molar-refractivity contribution in [1.82, 2.24) is 15.5 Å². The number of piperidine rings is 1. The Bertz CT molecular complexity index is 1040. The average Bonchev–Trinajstić information content (AvgIpc) is 3.27. The molecule has 1 saturated carbocycles. The number of hydrogen-bond donors (Lipinski definition) is 2. The van der Waals surface area contributed by atoms with Crippen molar-refractivity contribution in [3.63, 3.8) is 0 Å². The van der Waals surface area contributed by atoms with E-state index in [2.05, 4.69) is 51.3 Å². The Hall–Kier alpha value is -1.86. The monoisotopic (exact) mass is 541 g/mol. The normalized spacial score (nSPS) is 26.1. The molecule has 0 spiro atoms. The van der Waals surface area contributed by atoms with Crippen LogP contribution in [0.2, 0.25) is 0 Å². The molecule has 0 aromatic heterocycles. The molecule has 7 heteroatoms. The number of nitrogens with one attached hydrogen (secondary N) is 2. The van der Waals surface area contributed by atoms with Crippen molar-refractivity contribution in [3.05, 3.63) is 29.3 Å². The van der Waals surface area contributed by atoms with Gasteiger partial charge in [-0.05, 0) is 72.4 Å². The van der Waals surface area contributed by atoms with Crippen LogP contribution < -0.4 is 10.6 Å². The first-order chi connectivity index (χ1) is 18.0. The van der Waals surface area contributed by atoms with Gasteiger partial charge >= 0.3 is 0 Å². The third-order valence-electron chi connectivity index (χ3n) is 10.1. The first kappa shape index (κ1) is 29.1. The Morgan fingerprint density at radius 2 is 1.71 bits per heavy atom. The van der Waals surface area contributed by atoms with Crippen LogP contribution in [0.4, 0.5) is 0 Å². The molecule has 2 unspecified atom stereocenters. The zero-order valence-electron chi connectivity index (χ0n) is 24.0. The molecule has 38 heavy (non-hydrogen) atoms. The van der Waals surface area contributed by atoms with E-state index in [1.807, 2.05) is 23.9 Å². The van der Waals surface area contributed by atoms with Gasteiger partial charge in [0.1, 0.15) is 6.04 Å². The molecule has 2 aliphatic heterocycles. The third kappa shape index (κ3) is 5.99. The molecule has 210 valence electrons. The number of carbonyl (C=O) groups excluding carboxylic acids is 3. The first-order valence-electron chi connectivity index (χ1n) is 14.7. The summed E-state index contributed by atoms with van der Waals surface area (Å²) in [6.07, 6.45) is 9.47. The Labute approximate surface area is 233 Å². The van der Waals surface area contributed by atoms with Gasteiger partial charge in [-0.25, -0.2) is 0 Å². The summed E-state index contributed by atoms with van der Waals surface area (Å²) < 4.78 is 0. The minimum Gasteiger partial charge on any atom is -0.322 e. The Kier molecular flexibility index (Phi) is 9.29. The van der Waals surface area contributed by atoms with E-state index in [1.165, 1.54) is 44.9 Å². The molecule has 3 aliphatic rings.